The summed E-state index contributed by atoms with van der Waals surface area (Å²) < 4.78 is 0. The van der Waals surface area contributed by atoms with Crippen molar-refractivity contribution >= 4 is 28.8 Å². The molecule has 0 bridgehead atoms. The van der Waals surface area contributed by atoms with Gasteiger partial charge >= 0.3 is 0 Å². The van der Waals surface area contributed by atoms with Gasteiger partial charge in [-0.1, -0.05) is 18.2 Å². The Morgan fingerprint density at radius 1 is 0.966 bits per heavy atom. The third kappa shape index (κ3) is 5.16. The lowest BCUT2D eigenvalue weighted by Gasteiger charge is -2.36. The number of anilines is 1. The number of amides is 2. The van der Waals surface area contributed by atoms with Crippen LogP contribution >= 0.6 is 11.3 Å². The third-order valence-electron chi connectivity index (χ3n) is 5.68. The maximum Gasteiger partial charge on any atom is 0.279 e. The van der Waals surface area contributed by atoms with Gasteiger partial charge in [0.05, 0.1) is 4.88 Å². The SMILES string of the molecule is O=C(CCN1CCN(c2ccccc2)CC1)NNC(=O)c1cc2c(s1)CCCC2. The molecule has 1 saturated heterocycles. The molecule has 0 spiro atoms. The third-order valence-corrected chi connectivity index (χ3v) is 6.92. The van der Waals surface area contributed by atoms with Crippen LogP contribution in [0.3, 0.4) is 0 Å². The predicted molar refractivity (Wildman–Crippen MR) is 116 cm³/mol. The molecular weight excluding hydrogens is 384 g/mol. The summed E-state index contributed by atoms with van der Waals surface area (Å²) >= 11 is 1.55. The number of hydrogen-bond donors (Lipinski definition) is 2. The smallest absolute Gasteiger partial charge is 0.279 e. The second-order valence-electron chi connectivity index (χ2n) is 7.68. The highest BCUT2D eigenvalue weighted by atomic mass is 32.1. The number of carbonyl (C=O) groups is 2. The van der Waals surface area contributed by atoms with Crippen molar-refractivity contribution in [3.63, 3.8) is 0 Å². The summed E-state index contributed by atoms with van der Waals surface area (Å²) in [5, 5.41) is 0. The Balaban J connectivity index is 1.16. The molecule has 0 unspecified atom stereocenters. The van der Waals surface area contributed by atoms with Crippen LogP contribution in [0.25, 0.3) is 0 Å². The molecule has 7 heteroatoms. The Morgan fingerprint density at radius 3 is 2.48 bits per heavy atom. The molecule has 0 atom stereocenters. The van der Waals surface area contributed by atoms with E-state index in [-0.39, 0.29) is 11.8 Å². The number of hydrazine groups is 1. The first kappa shape index (κ1) is 19.9. The van der Waals surface area contributed by atoms with Crippen LogP contribution in [0.4, 0.5) is 5.69 Å². The van der Waals surface area contributed by atoms with Gasteiger partial charge in [0.2, 0.25) is 5.91 Å². The molecular formula is C22H28N4O2S. The van der Waals surface area contributed by atoms with Crippen molar-refractivity contribution in [2.75, 3.05) is 37.6 Å². The number of benzene rings is 1. The number of nitrogens with zero attached hydrogens (tertiary/aromatic N) is 2. The molecule has 2 aromatic rings. The van der Waals surface area contributed by atoms with E-state index in [1.165, 1.54) is 29.0 Å². The van der Waals surface area contributed by atoms with E-state index in [0.717, 1.165) is 39.0 Å². The first-order valence-corrected chi connectivity index (χ1v) is 11.2. The molecule has 1 aliphatic carbocycles. The quantitative estimate of drug-likeness (QED) is 0.741. The van der Waals surface area contributed by atoms with Crippen molar-refractivity contribution in [3.05, 3.63) is 51.7 Å². The molecule has 154 valence electrons. The number of piperazine rings is 1. The minimum Gasteiger partial charge on any atom is -0.369 e. The Morgan fingerprint density at radius 2 is 1.72 bits per heavy atom. The van der Waals surface area contributed by atoms with E-state index in [4.69, 9.17) is 0 Å². The maximum absolute atomic E-state index is 12.3. The van der Waals surface area contributed by atoms with Crippen LogP contribution in [0.2, 0.25) is 0 Å². The van der Waals surface area contributed by atoms with Crippen molar-refractivity contribution in [1.82, 2.24) is 15.8 Å². The van der Waals surface area contributed by atoms with Crippen LogP contribution in [-0.4, -0.2) is 49.4 Å². The molecule has 2 N–H and O–H groups in total. The average Bonchev–Trinajstić information content (AvgIpc) is 3.21. The van der Waals surface area contributed by atoms with Crippen molar-refractivity contribution < 1.29 is 9.59 Å². The van der Waals surface area contributed by atoms with Crippen molar-refractivity contribution in [3.8, 4) is 0 Å². The van der Waals surface area contributed by atoms with E-state index in [1.54, 1.807) is 11.3 Å². The highest BCUT2D eigenvalue weighted by molar-refractivity contribution is 7.14. The highest BCUT2D eigenvalue weighted by Crippen LogP contribution is 2.29. The predicted octanol–water partition coefficient (Wildman–Crippen LogP) is 2.60. The second-order valence-corrected chi connectivity index (χ2v) is 8.82. The Kier molecular flexibility index (Phi) is 6.46. The van der Waals surface area contributed by atoms with E-state index in [0.29, 0.717) is 17.8 Å². The number of rotatable bonds is 5. The number of para-hydroxylation sites is 1. The van der Waals surface area contributed by atoms with Crippen molar-refractivity contribution in [2.45, 2.75) is 32.1 Å². The summed E-state index contributed by atoms with van der Waals surface area (Å²) in [6.07, 6.45) is 4.90. The minimum absolute atomic E-state index is 0.148. The van der Waals surface area contributed by atoms with Gasteiger partial charge in [0.1, 0.15) is 0 Å². The minimum atomic E-state index is -0.214. The fraction of sp³-hybridized carbons (Fsp3) is 0.455. The average molecular weight is 413 g/mol. The number of hydrogen-bond acceptors (Lipinski definition) is 5. The maximum atomic E-state index is 12.3. The van der Waals surface area contributed by atoms with Gasteiger partial charge in [0.25, 0.3) is 5.91 Å². The van der Waals surface area contributed by atoms with Crippen molar-refractivity contribution in [2.24, 2.45) is 0 Å². The number of fused-ring (bicyclic) bond motifs is 1. The van der Waals surface area contributed by atoms with E-state index >= 15 is 0 Å². The Hall–Kier alpha value is -2.38. The van der Waals surface area contributed by atoms with Gasteiger partial charge in [0, 0.05) is 49.7 Å². The number of aryl methyl sites for hydroxylation is 2. The molecule has 6 nitrogen and oxygen atoms in total. The fourth-order valence-electron chi connectivity index (χ4n) is 3.98. The van der Waals surface area contributed by atoms with E-state index in [1.807, 2.05) is 12.1 Å². The molecule has 0 saturated carbocycles. The lowest BCUT2D eigenvalue weighted by Crippen LogP contribution is -2.48. The Labute approximate surface area is 175 Å². The van der Waals surface area contributed by atoms with Crippen LogP contribution < -0.4 is 15.8 Å². The largest absolute Gasteiger partial charge is 0.369 e. The van der Waals surface area contributed by atoms with Crippen LogP contribution in [0.5, 0.6) is 0 Å². The molecule has 2 aliphatic rings. The zero-order chi connectivity index (χ0) is 20.1. The van der Waals surface area contributed by atoms with Gasteiger partial charge in [0.15, 0.2) is 0 Å². The van der Waals surface area contributed by atoms with Gasteiger partial charge in [-0.25, -0.2) is 0 Å². The highest BCUT2D eigenvalue weighted by Gasteiger charge is 2.19. The summed E-state index contributed by atoms with van der Waals surface area (Å²) in [6.45, 7) is 4.51. The van der Waals surface area contributed by atoms with E-state index < -0.39 is 0 Å². The van der Waals surface area contributed by atoms with Gasteiger partial charge in [-0.3, -0.25) is 25.3 Å². The van der Waals surface area contributed by atoms with E-state index in [2.05, 4.69) is 44.9 Å². The number of carbonyl (C=O) groups excluding carboxylic acids is 2. The molecule has 1 fully saturated rings. The summed E-state index contributed by atoms with van der Waals surface area (Å²) in [5.41, 5.74) is 7.69. The lowest BCUT2D eigenvalue weighted by atomic mass is 9.99. The standard InChI is InChI=1S/C22H28N4O2S/c27-21(23-24-22(28)20-16-17-6-4-5-9-19(17)29-20)10-11-25-12-14-26(15-13-25)18-7-2-1-3-8-18/h1-3,7-8,16H,4-6,9-15H2,(H,23,27)(H,24,28). The lowest BCUT2D eigenvalue weighted by molar-refractivity contribution is -0.122. The molecule has 1 aromatic heterocycles. The fourth-order valence-corrected chi connectivity index (χ4v) is 5.13. The molecule has 29 heavy (non-hydrogen) atoms. The van der Waals surface area contributed by atoms with E-state index in [9.17, 15) is 9.59 Å². The zero-order valence-electron chi connectivity index (χ0n) is 16.7. The van der Waals surface area contributed by atoms with Gasteiger partial charge < -0.3 is 4.90 Å². The van der Waals surface area contributed by atoms with Crippen LogP contribution in [0.1, 0.15) is 39.4 Å². The topological polar surface area (TPSA) is 64.7 Å². The number of thiophene rings is 1. The van der Waals surface area contributed by atoms with Crippen LogP contribution in [-0.2, 0) is 17.6 Å². The molecule has 2 amide bonds. The molecule has 4 rings (SSSR count). The second kappa shape index (κ2) is 9.41. The summed E-state index contributed by atoms with van der Waals surface area (Å²) in [4.78, 5) is 31.1. The first-order chi connectivity index (χ1) is 14.2. The molecule has 0 radical (unpaired) electrons. The normalized spacial score (nSPS) is 16.9. The molecule has 1 aromatic carbocycles. The first-order valence-electron chi connectivity index (χ1n) is 10.4. The zero-order valence-corrected chi connectivity index (χ0v) is 17.5. The monoisotopic (exact) mass is 412 g/mol. The summed E-state index contributed by atoms with van der Waals surface area (Å²) in [5.74, 6) is -0.362. The summed E-state index contributed by atoms with van der Waals surface area (Å²) in [6, 6.07) is 12.4. The molecule has 1 aliphatic heterocycles. The van der Waals surface area contributed by atoms with Gasteiger partial charge in [-0.05, 0) is 49.4 Å². The van der Waals surface area contributed by atoms with Crippen molar-refractivity contribution in [1.29, 1.82) is 0 Å². The Bertz CT molecular complexity index is 820. The van der Waals surface area contributed by atoms with Gasteiger partial charge in [-0.2, -0.15) is 0 Å². The number of nitrogens with one attached hydrogen (secondary N) is 2. The van der Waals surface area contributed by atoms with Crippen LogP contribution in [0, 0.1) is 0 Å². The van der Waals surface area contributed by atoms with Crippen LogP contribution in [0.15, 0.2) is 36.4 Å². The summed E-state index contributed by atoms with van der Waals surface area (Å²) in [7, 11) is 0. The van der Waals surface area contributed by atoms with Gasteiger partial charge in [-0.15, -0.1) is 11.3 Å². The molecule has 2 heterocycles.